The zero-order chi connectivity index (χ0) is 22.9. The lowest BCUT2D eigenvalue weighted by molar-refractivity contribution is -0.120. The van der Waals surface area contributed by atoms with E-state index in [-0.39, 0.29) is 12.3 Å². The Morgan fingerprint density at radius 3 is 2.52 bits per heavy atom. The Morgan fingerprint density at radius 2 is 1.76 bits per heavy atom. The van der Waals surface area contributed by atoms with Gasteiger partial charge in [0.25, 0.3) is 0 Å². The quantitative estimate of drug-likeness (QED) is 0.387. The van der Waals surface area contributed by atoms with E-state index in [1.165, 1.54) is 0 Å². The van der Waals surface area contributed by atoms with Crippen molar-refractivity contribution in [1.82, 2.24) is 10.3 Å². The van der Waals surface area contributed by atoms with E-state index in [4.69, 9.17) is 8.83 Å². The van der Waals surface area contributed by atoms with Gasteiger partial charge >= 0.3 is 5.63 Å². The van der Waals surface area contributed by atoms with Crippen LogP contribution in [0.2, 0.25) is 0 Å². The van der Waals surface area contributed by atoms with Crippen molar-refractivity contribution in [3.8, 4) is 11.1 Å². The molecule has 0 atom stereocenters. The fourth-order valence-corrected chi connectivity index (χ4v) is 4.20. The molecule has 0 aliphatic heterocycles. The molecule has 6 heteroatoms. The zero-order valence-corrected chi connectivity index (χ0v) is 18.3. The third kappa shape index (κ3) is 3.91. The molecule has 3 heterocycles. The number of aromatic nitrogens is 1. The second kappa shape index (κ2) is 8.39. The van der Waals surface area contributed by atoms with Crippen LogP contribution < -0.4 is 10.9 Å². The van der Waals surface area contributed by atoms with Crippen LogP contribution in [0.4, 0.5) is 0 Å². The minimum absolute atomic E-state index is 0.0572. The van der Waals surface area contributed by atoms with E-state index in [1.807, 2.05) is 62.4 Å². The molecule has 5 rings (SSSR count). The lowest BCUT2D eigenvalue weighted by Crippen LogP contribution is -2.27. The van der Waals surface area contributed by atoms with Gasteiger partial charge in [-0.05, 0) is 42.7 Å². The molecule has 0 bridgehead atoms. The molecule has 164 valence electrons. The van der Waals surface area contributed by atoms with Gasteiger partial charge in [-0.15, -0.1) is 0 Å². The van der Waals surface area contributed by atoms with Crippen molar-refractivity contribution in [3.05, 3.63) is 99.9 Å². The largest absolute Gasteiger partial charge is 0.461 e. The molecule has 0 fully saturated rings. The van der Waals surface area contributed by atoms with Crippen LogP contribution >= 0.6 is 0 Å². The minimum atomic E-state index is -0.512. The van der Waals surface area contributed by atoms with Crippen molar-refractivity contribution >= 4 is 27.8 Å². The number of rotatable bonds is 5. The fraction of sp³-hybridized carbons (Fsp3) is 0.148. The summed E-state index contributed by atoms with van der Waals surface area (Å²) in [5.41, 5.74) is 4.62. The third-order valence-electron chi connectivity index (χ3n) is 5.88. The molecule has 6 nitrogen and oxygen atoms in total. The average molecular weight is 438 g/mol. The first-order valence-corrected chi connectivity index (χ1v) is 10.7. The van der Waals surface area contributed by atoms with Crippen molar-refractivity contribution in [2.75, 3.05) is 0 Å². The van der Waals surface area contributed by atoms with E-state index in [0.29, 0.717) is 23.3 Å². The molecule has 1 N–H and O–H groups in total. The molecule has 0 unspecified atom stereocenters. The highest BCUT2D eigenvalue weighted by Gasteiger charge is 2.19. The second-order valence-electron chi connectivity index (χ2n) is 8.05. The molecule has 3 aromatic heterocycles. The number of hydrogen-bond acceptors (Lipinski definition) is 5. The van der Waals surface area contributed by atoms with Gasteiger partial charge in [-0.1, -0.05) is 36.4 Å². The summed E-state index contributed by atoms with van der Waals surface area (Å²) in [4.78, 5) is 29.3. The summed E-state index contributed by atoms with van der Waals surface area (Å²) < 4.78 is 11.6. The topological polar surface area (TPSA) is 85.3 Å². The summed E-state index contributed by atoms with van der Waals surface area (Å²) in [6, 6.07) is 17.5. The number of amides is 1. The van der Waals surface area contributed by atoms with Crippen LogP contribution in [-0.2, 0) is 17.8 Å². The predicted octanol–water partition coefficient (Wildman–Crippen LogP) is 5.08. The van der Waals surface area contributed by atoms with E-state index in [0.717, 1.165) is 38.8 Å². The number of aryl methyl sites for hydroxylation is 2. The van der Waals surface area contributed by atoms with Gasteiger partial charge in [0.15, 0.2) is 0 Å². The van der Waals surface area contributed by atoms with Crippen molar-refractivity contribution in [3.63, 3.8) is 0 Å². The van der Waals surface area contributed by atoms with Crippen molar-refractivity contribution in [1.29, 1.82) is 0 Å². The van der Waals surface area contributed by atoms with E-state index >= 15 is 0 Å². The summed E-state index contributed by atoms with van der Waals surface area (Å²) >= 11 is 0. The first-order valence-electron chi connectivity index (χ1n) is 10.7. The summed E-state index contributed by atoms with van der Waals surface area (Å²) in [6.45, 7) is 4.12. The molecular weight excluding hydrogens is 416 g/mol. The Bertz CT molecular complexity index is 1530. The molecule has 0 saturated carbocycles. The highest BCUT2D eigenvalue weighted by atomic mass is 16.4. The molecule has 0 spiro atoms. The third-order valence-corrected chi connectivity index (χ3v) is 5.88. The molecule has 2 aromatic carbocycles. The fourth-order valence-electron chi connectivity index (χ4n) is 4.20. The number of nitrogens with zero attached hydrogens (tertiary/aromatic N) is 1. The predicted molar refractivity (Wildman–Crippen MR) is 127 cm³/mol. The second-order valence-corrected chi connectivity index (χ2v) is 8.05. The van der Waals surface area contributed by atoms with E-state index < -0.39 is 5.63 Å². The Balaban J connectivity index is 1.53. The van der Waals surface area contributed by atoms with Crippen LogP contribution in [0.25, 0.3) is 33.1 Å². The molecular formula is C27H22N2O4. The van der Waals surface area contributed by atoms with Gasteiger partial charge in [0, 0.05) is 41.3 Å². The van der Waals surface area contributed by atoms with Gasteiger partial charge < -0.3 is 14.2 Å². The van der Waals surface area contributed by atoms with Crippen molar-refractivity contribution in [2.24, 2.45) is 0 Å². The molecule has 0 saturated heterocycles. The number of hydrogen-bond donors (Lipinski definition) is 1. The van der Waals surface area contributed by atoms with Gasteiger partial charge in [0.2, 0.25) is 5.91 Å². The van der Waals surface area contributed by atoms with Crippen LogP contribution in [0.1, 0.15) is 22.5 Å². The Labute approximate surface area is 189 Å². The zero-order valence-electron chi connectivity index (χ0n) is 18.3. The minimum Gasteiger partial charge on any atom is -0.461 e. The number of carbonyl (C=O) groups excluding carboxylic acids is 1. The van der Waals surface area contributed by atoms with Gasteiger partial charge in [-0.25, -0.2) is 4.79 Å². The monoisotopic (exact) mass is 438 g/mol. The lowest BCUT2D eigenvalue weighted by Gasteiger charge is -2.09. The first-order chi connectivity index (χ1) is 16.0. The smallest absolute Gasteiger partial charge is 0.340 e. The highest BCUT2D eigenvalue weighted by molar-refractivity contribution is 6.03. The van der Waals surface area contributed by atoms with Gasteiger partial charge in [0.1, 0.15) is 16.9 Å². The summed E-state index contributed by atoms with van der Waals surface area (Å²) in [5, 5.41) is 4.57. The summed E-state index contributed by atoms with van der Waals surface area (Å²) in [7, 11) is 0. The van der Waals surface area contributed by atoms with Crippen molar-refractivity contribution in [2.45, 2.75) is 26.8 Å². The SMILES string of the molecule is Cc1oc2cc3oc(=O)c(CC(=O)NCc4cccnc4)c(C)c3cc2c1-c1ccccc1. The maximum atomic E-state index is 12.7. The highest BCUT2D eigenvalue weighted by Crippen LogP contribution is 2.37. The van der Waals surface area contributed by atoms with E-state index in [2.05, 4.69) is 10.3 Å². The molecule has 0 aliphatic carbocycles. The summed E-state index contributed by atoms with van der Waals surface area (Å²) in [6.07, 6.45) is 3.31. The number of fused-ring (bicyclic) bond motifs is 2. The average Bonchev–Trinajstić information content (AvgIpc) is 3.15. The van der Waals surface area contributed by atoms with Gasteiger partial charge in [0.05, 0.1) is 12.0 Å². The Morgan fingerprint density at radius 1 is 0.970 bits per heavy atom. The lowest BCUT2D eigenvalue weighted by atomic mass is 9.98. The number of benzene rings is 2. The molecule has 33 heavy (non-hydrogen) atoms. The Hall–Kier alpha value is -4.19. The molecule has 0 aliphatic rings. The number of pyridine rings is 1. The standard InChI is InChI=1S/C27H22N2O4/c1-16-20-11-22-24(32-17(2)26(22)19-8-4-3-5-9-19)13-23(20)33-27(31)21(16)12-25(30)29-15-18-7-6-10-28-14-18/h3-11,13-14H,12,15H2,1-2H3,(H,29,30). The molecule has 5 aromatic rings. The Kier molecular flexibility index (Phi) is 5.26. The van der Waals surface area contributed by atoms with Crippen LogP contribution in [0.15, 0.2) is 80.6 Å². The maximum absolute atomic E-state index is 12.7. The number of nitrogens with one attached hydrogen (secondary N) is 1. The van der Waals surface area contributed by atoms with Crippen LogP contribution in [-0.4, -0.2) is 10.9 Å². The number of furan rings is 1. The normalized spacial score (nSPS) is 11.2. The summed E-state index contributed by atoms with van der Waals surface area (Å²) in [5.74, 6) is 0.542. The van der Waals surface area contributed by atoms with Gasteiger partial charge in [-0.3, -0.25) is 9.78 Å². The van der Waals surface area contributed by atoms with Crippen LogP contribution in [0.3, 0.4) is 0 Å². The van der Waals surface area contributed by atoms with Crippen LogP contribution in [0, 0.1) is 13.8 Å². The molecule has 1 amide bonds. The number of carbonyl (C=O) groups is 1. The van der Waals surface area contributed by atoms with E-state index in [1.54, 1.807) is 18.5 Å². The van der Waals surface area contributed by atoms with Gasteiger partial charge in [-0.2, -0.15) is 0 Å². The van der Waals surface area contributed by atoms with Crippen molar-refractivity contribution < 1.29 is 13.6 Å². The van der Waals surface area contributed by atoms with E-state index in [9.17, 15) is 9.59 Å². The first kappa shape index (κ1) is 20.7. The molecule has 0 radical (unpaired) electrons. The van der Waals surface area contributed by atoms with Crippen LogP contribution in [0.5, 0.6) is 0 Å². The maximum Gasteiger partial charge on any atom is 0.340 e.